The molecule has 0 atom stereocenters. The second-order valence-corrected chi connectivity index (χ2v) is 4.98. The van der Waals surface area contributed by atoms with E-state index in [4.69, 9.17) is 28.9 Å². The largest absolute Gasteiger partial charge is 0.383 e. The number of hydrogen-bond acceptors (Lipinski definition) is 3. The predicted molar refractivity (Wildman–Crippen MR) is 79.4 cm³/mol. The molecule has 19 heavy (non-hydrogen) atoms. The van der Waals surface area contributed by atoms with Gasteiger partial charge in [-0.2, -0.15) is 0 Å². The Morgan fingerprint density at radius 1 is 0.895 bits per heavy atom. The zero-order chi connectivity index (χ0) is 13.4. The molecule has 1 aromatic heterocycles. The molecule has 0 aliphatic heterocycles. The maximum absolute atomic E-state index is 5.97. The van der Waals surface area contributed by atoms with E-state index in [1.807, 2.05) is 18.2 Å². The van der Waals surface area contributed by atoms with Crippen molar-refractivity contribution in [3.8, 4) is 11.4 Å². The topological polar surface area (TPSA) is 51.8 Å². The average Bonchev–Trinajstić information content (AvgIpc) is 2.38. The van der Waals surface area contributed by atoms with Crippen molar-refractivity contribution in [1.29, 1.82) is 0 Å². The Morgan fingerprint density at radius 2 is 1.68 bits per heavy atom. The first-order chi connectivity index (χ1) is 9.13. The summed E-state index contributed by atoms with van der Waals surface area (Å²) >= 11 is 11.9. The van der Waals surface area contributed by atoms with E-state index in [0.717, 1.165) is 16.5 Å². The van der Waals surface area contributed by atoms with E-state index in [0.29, 0.717) is 21.7 Å². The zero-order valence-corrected chi connectivity index (χ0v) is 11.3. The standard InChI is InChI=1S/C14H9Cl2N3/c15-9-3-1-2-8(6-9)14-18-12-7-10(16)4-5-11(12)13(17)19-14/h1-7H,(H2,17,18,19). The van der Waals surface area contributed by atoms with Crippen LogP contribution in [-0.2, 0) is 0 Å². The number of hydrogen-bond donors (Lipinski definition) is 1. The molecule has 5 heteroatoms. The lowest BCUT2D eigenvalue weighted by molar-refractivity contribution is 1.23. The van der Waals surface area contributed by atoms with Gasteiger partial charge in [-0.05, 0) is 30.3 Å². The number of fused-ring (bicyclic) bond motifs is 1. The molecular weight excluding hydrogens is 281 g/mol. The first-order valence-electron chi connectivity index (χ1n) is 5.62. The second-order valence-electron chi connectivity index (χ2n) is 4.10. The fourth-order valence-electron chi connectivity index (χ4n) is 1.88. The third-order valence-electron chi connectivity index (χ3n) is 2.77. The van der Waals surface area contributed by atoms with E-state index in [-0.39, 0.29) is 0 Å². The molecule has 3 aromatic rings. The molecule has 0 saturated carbocycles. The molecule has 0 spiro atoms. The van der Waals surface area contributed by atoms with Gasteiger partial charge in [-0.25, -0.2) is 9.97 Å². The van der Waals surface area contributed by atoms with Crippen LogP contribution in [-0.4, -0.2) is 9.97 Å². The number of benzene rings is 2. The lowest BCUT2D eigenvalue weighted by Gasteiger charge is -2.06. The summed E-state index contributed by atoms with van der Waals surface area (Å²) < 4.78 is 0. The van der Waals surface area contributed by atoms with Crippen LogP contribution in [0.15, 0.2) is 42.5 Å². The maximum atomic E-state index is 5.97. The van der Waals surface area contributed by atoms with Crippen LogP contribution in [0.1, 0.15) is 0 Å². The summed E-state index contributed by atoms with van der Waals surface area (Å²) in [6, 6.07) is 12.7. The Bertz CT molecular complexity index is 772. The monoisotopic (exact) mass is 289 g/mol. The highest BCUT2D eigenvalue weighted by Gasteiger charge is 2.08. The van der Waals surface area contributed by atoms with Crippen molar-refractivity contribution in [3.05, 3.63) is 52.5 Å². The normalized spacial score (nSPS) is 10.8. The van der Waals surface area contributed by atoms with Gasteiger partial charge in [0, 0.05) is 21.0 Å². The summed E-state index contributed by atoms with van der Waals surface area (Å²) in [4.78, 5) is 8.78. The third kappa shape index (κ3) is 2.35. The van der Waals surface area contributed by atoms with Crippen LogP contribution in [0.3, 0.4) is 0 Å². The Kier molecular flexibility index (Phi) is 3.01. The van der Waals surface area contributed by atoms with Gasteiger partial charge >= 0.3 is 0 Å². The molecular formula is C14H9Cl2N3. The summed E-state index contributed by atoms with van der Waals surface area (Å²) in [5, 5.41) is 2.03. The lowest BCUT2D eigenvalue weighted by Crippen LogP contribution is -1.97. The molecule has 0 aliphatic rings. The van der Waals surface area contributed by atoms with E-state index in [1.54, 1.807) is 24.3 Å². The quantitative estimate of drug-likeness (QED) is 0.731. The van der Waals surface area contributed by atoms with Crippen LogP contribution in [0.4, 0.5) is 5.82 Å². The summed E-state index contributed by atoms with van der Waals surface area (Å²) in [7, 11) is 0. The molecule has 3 rings (SSSR count). The number of nitrogens with zero attached hydrogens (tertiary/aromatic N) is 2. The van der Waals surface area contributed by atoms with Crippen molar-refractivity contribution >= 4 is 39.9 Å². The number of rotatable bonds is 1. The fraction of sp³-hybridized carbons (Fsp3) is 0. The SMILES string of the molecule is Nc1nc(-c2cccc(Cl)c2)nc2cc(Cl)ccc12. The molecule has 0 unspecified atom stereocenters. The molecule has 0 radical (unpaired) electrons. The first kappa shape index (κ1) is 12.2. The third-order valence-corrected chi connectivity index (χ3v) is 3.24. The van der Waals surface area contributed by atoms with Gasteiger partial charge in [0.25, 0.3) is 0 Å². The van der Waals surface area contributed by atoms with E-state index < -0.39 is 0 Å². The number of aromatic nitrogens is 2. The number of nitrogens with two attached hydrogens (primary N) is 1. The van der Waals surface area contributed by atoms with Gasteiger partial charge in [-0.1, -0.05) is 35.3 Å². The van der Waals surface area contributed by atoms with Crippen molar-refractivity contribution in [2.75, 3.05) is 5.73 Å². The summed E-state index contributed by atoms with van der Waals surface area (Å²) in [5.74, 6) is 0.964. The predicted octanol–water partition coefficient (Wildman–Crippen LogP) is 4.19. The van der Waals surface area contributed by atoms with Crippen molar-refractivity contribution in [1.82, 2.24) is 9.97 Å². The van der Waals surface area contributed by atoms with Crippen molar-refractivity contribution in [3.63, 3.8) is 0 Å². The molecule has 94 valence electrons. The second kappa shape index (κ2) is 4.68. The van der Waals surface area contributed by atoms with Crippen LogP contribution < -0.4 is 5.73 Å². The average molecular weight is 290 g/mol. The molecule has 2 aromatic carbocycles. The van der Waals surface area contributed by atoms with E-state index in [1.165, 1.54) is 0 Å². The molecule has 1 heterocycles. The summed E-state index contributed by atoms with van der Waals surface area (Å²) in [6.07, 6.45) is 0. The van der Waals surface area contributed by atoms with Gasteiger partial charge < -0.3 is 5.73 Å². The molecule has 0 amide bonds. The highest BCUT2D eigenvalue weighted by molar-refractivity contribution is 6.31. The van der Waals surface area contributed by atoms with Gasteiger partial charge in [0.15, 0.2) is 5.82 Å². The van der Waals surface area contributed by atoms with E-state index in [9.17, 15) is 0 Å². The highest BCUT2D eigenvalue weighted by Crippen LogP contribution is 2.26. The van der Waals surface area contributed by atoms with Crippen molar-refractivity contribution in [2.45, 2.75) is 0 Å². The zero-order valence-electron chi connectivity index (χ0n) is 9.77. The van der Waals surface area contributed by atoms with Gasteiger partial charge in [-0.3, -0.25) is 0 Å². The van der Waals surface area contributed by atoms with Gasteiger partial charge in [0.1, 0.15) is 5.82 Å². The Morgan fingerprint density at radius 3 is 2.47 bits per heavy atom. The lowest BCUT2D eigenvalue weighted by atomic mass is 10.2. The summed E-state index contributed by atoms with van der Waals surface area (Å²) in [5.41, 5.74) is 7.49. The molecule has 0 aliphatic carbocycles. The Balaban J connectivity index is 2.25. The number of halogens is 2. The highest BCUT2D eigenvalue weighted by atomic mass is 35.5. The van der Waals surface area contributed by atoms with E-state index >= 15 is 0 Å². The molecule has 3 nitrogen and oxygen atoms in total. The molecule has 0 fully saturated rings. The first-order valence-corrected chi connectivity index (χ1v) is 6.38. The molecule has 2 N–H and O–H groups in total. The van der Waals surface area contributed by atoms with Crippen LogP contribution in [0.5, 0.6) is 0 Å². The van der Waals surface area contributed by atoms with Gasteiger partial charge in [0.05, 0.1) is 5.52 Å². The maximum Gasteiger partial charge on any atom is 0.162 e. The fourth-order valence-corrected chi connectivity index (χ4v) is 2.24. The Labute approximate surface area is 120 Å². The number of nitrogen functional groups attached to an aromatic ring is 1. The minimum absolute atomic E-state index is 0.427. The van der Waals surface area contributed by atoms with Crippen molar-refractivity contribution in [2.24, 2.45) is 0 Å². The van der Waals surface area contributed by atoms with Crippen LogP contribution in [0, 0.1) is 0 Å². The van der Waals surface area contributed by atoms with Crippen molar-refractivity contribution < 1.29 is 0 Å². The minimum atomic E-state index is 0.427. The van der Waals surface area contributed by atoms with Crippen LogP contribution in [0.25, 0.3) is 22.3 Å². The van der Waals surface area contributed by atoms with Gasteiger partial charge in [-0.15, -0.1) is 0 Å². The van der Waals surface area contributed by atoms with Crippen LogP contribution >= 0.6 is 23.2 Å². The smallest absolute Gasteiger partial charge is 0.162 e. The molecule has 0 saturated heterocycles. The van der Waals surface area contributed by atoms with Crippen LogP contribution in [0.2, 0.25) is 10.0 Å². The summed E-state index contributed by atoms with van der Waals surface area (Å²) in [6.45, 7) is 0. The molecule has 0 bridgehead atoms. The number of anilines is 1. The minimum Gasteiger partial charge on any atom is -0.383 e. The van der Waals surface area contributed by atoms with Gasteiger partial charge in [0.2, 0.25) is 0 Å². The van der Waals surface area contributed by atoms with E-state index in [2.05, 4.69) is 9.97 Å². The Hall–Kier alpha value is -1.84.